The fourth-order valence-electron chi connectivity index (χ4n) is 1.51. The highest BCUT2D eigenvalue weighted by molar-refractivity contribution is 7.89. The fourth-order valence-corrected chi connectivity index (χ4v) is 2.23. The molecule has 1 aromatic carbocycles. The summed E-state index contributed by atoms with van der Waals surface area (Å²) in [4.78, 5) is 0.313. The lowest BCUT2D eigenvalue weighted by Crippen LogP contribution is -2.19. The molecule has 0 amide bonds. The minimum Gasteiger partial charge on any atom is -0.389 e. The highest BCUT2D eigenvalue weighted by atomic mass is 32.2. The van der Waals surface area contributed by atoms with Crippen LogP contribution in [-0.4, -0.2) is 25.7 Å². The van der Waals surface area contributed by atoms with Gasteiger partial charge in [-0.1, -0.05) is 23.8 Å². The molecule has 5 nitrogen and oxygen atoms in total. The maximum Gasteiger partial charge on any atom is 0.209 e. The first kappa shape index (κ1) is 14.9. The summed E-state index contributed by atoms with van der Waals surface area (Å²) >= 11 is 4.97. The molecule has 0 fully saturated rings. The Hall–Kier alpha value is -1.18. The number of thiocarbonyl (C=S) groups is 1. The molecule has 0 heterocycles. The third-order valence-corrected chi connectivity index (χ3v) is 3.44. The Kier molecular flexibility index (Phi) is 5.06. The number of nitrogens with two attached hydrogens (primary N) is 2. The average Bonchev–Trinajstić information content (AvgIpc) is 2.24. The third-order valence-electron chi connectivity index (χ3n) is 2.36. The van der Waals surface area contributed by atoms with Gasteiger partial charge in [-0.15, -0.1) is 0 Å². The standard InChI is InChI=1S/C11H17N3O2S2/c1-8-3-4-10(9(7-8)11(12)17)14-5-2-6-18(13,15)16/h3-4,7,14H,2,5-6H2,1H3,(H2,12,17)(H2,13,15,16). The molecule has 100 valence electrons. The molecule has 0 atom stereocenters. The zero-order chi connectivity index (χ0) is 13.8. The third kappa shape index (κ3) is 4.99. The Bertz CT molecular complexity index is 541. The predicted octanol–water partition coefficient (Wildman–Crippen LogP) is 0.720. The van der Waals surface area contributed by atoms with Crippen LogP contribution in [0.3, 0.4) is 0 Å². The van der Waals surface area contributed by atoms with Crippen molar-refractivity contribution in [1.82, 2.24) is 0 Å². The first-order valence-electron chi connectivity index (χ1n) is 5.44. The van der Waals surface area contributed by atoms with E-state index in [1.165, 1.54) is 0 Å². The van der Waals surface area contributed by atoms with Crippen molar-refractivity contribution in [2.24, 2.45) is 10.9 Å². The first-order chi connectivity index (χ1) is 8.29. The molecule has 0 aromatic heterocycles. The number of sulfonamides is 1. The van der Waals surface area contributed by atoms with Crippen LogP contribution in [0.1, 0.15) is 17.5 Å². The van der Waals surface area contributed by atoms with E-state index in [0.29, 0.717) is 18.0 Å². The predicted molar refractivity (Wildman–Crippen MR) is 78.1 cm³/mol. The zero-order valence-electron chi connectivity index (χ0n) is 10.1. The molecule has 0 saturated heterocycles. The summed E-state index contributed by atoms with van der Waals surface area (Å²) in [6.07, 6.45) is 0.434. The summed E-state index contributed by atoms with van der Waals surface area (Å²) in [7, 11) is -3.40. The van der Waals surface area contributed by atoms with Gasteiger partial charge in [0.05, 0.1) is 5.75 Å². The van der Waals surface area contributed by atoms with Gasteiger partial charge in [-0.05, 0) is 25.5 Å². The second kappa shape index (κ2) is 6.12. The summed E-state index contributed by atoms with van der Waals surface area (Å²) in [6.45, 7) is 2.45. The van der Waals surface area contributed by atoms with Crippen molar-refractivity contribution in [2.75, 3.05) is 17.6 Å². The highest BCUT2D eigenvalue weighted by Crippen LogP contribution is 2.17. The monoisotopic (exact) mass is 287 g/mol. The molecule has 0 spiro atoms. The van der Waals surface area contributed by atoms with Crippen molar-refractivity contribution in [3.63, 3.8) is 0 Å². The Morgan fingerprint density at radius 1 is 1.44 bits per heavy atom. The summed E-state index contributed by atoms with van der Waals surface area (Å²) in [5.41, 5.74) is 8.27. The van der Waals surface area contributed by atoms with Gasteiger partial charge < -0.3 is 11.1 Å². The second-order valence-electron chi connectivity index (χ2n) is 4.06. The molecule has 18 heavy (non-hydrogen) atoms. The number of primary sulfonamides is 1. The number of aryl methyl sites for hydroxylation is 1. The Morgan fingerprint density at radius 2 is 2.11 bits per heavy atom. The molecule has 7 heteroatoms. The molecule has 0 aliphatic rings. The van der Waals surface area contributed by atoms with Crippen molar-refractivity contribution < 1.29 is 8.42 Å². The van der Waals surface area contributed by atoms with E-state index in [4.69, 9.17) is 23.1 Å². The highest BCUT2D eigenvalue weighted by Gasteiger charge is 2.06. The number of hydrogen-bond donors (Lipinski definition) is 3. The molecule has 0 unspecified atom stereocenters. The molecule has 1 aromatic rings. The minimum absolute atomic E-state index is 0.0474. The summed E-state index contributed by atoms with van der Waals surface area (Å²) < 4.78 is 21.5. The van der Waals surface area contributed by atoms with Crippen LogP contribution >= 0.6 is 12.2 Å². The number of nitrogens with one attached hydrogen (secondary N) is 1. The van der Waals surface area contributed by atoms with Gasteiger partial charge >= 0.3 is 0 Å². The van der Waals surface area contributed by atoms with Crippen molar-refractivity contribution >= 4 is 32.9 Å². The Morgan fingerprint density at radius 3 is 2.67 bits per heavy atom. The molecule has 0 radical (unpaired) electrons. The molecule has 1 rings (SSSR count). The van der Waals surface area contributed by atoms with E-state index in [1.54, 1.807) is 0 Å². The molecule has 0 aliphatic heterocycles. The summed E-state index contributed by atoms with van der Waals surface area (Å²) in [5, 5.41) is 8.02. The van der Waals surface area contributed by atoms with E-state index in [-0.39, 0.29) is 5.75 Å². The average molecular weight is 287 g/mol. The lowest BCUT2D eigenvalue weighted by Gasteiger charge is -2.11. The minimum atomic E-state index is -3.40. The van der Waals surface area contributed by atoms with E-state index < -0.39 is 10.0 Å². The zero-order valence-corrected chi connectivity index (χ0v) is 11.8. The number of anilines is 1. The Balaban J connectivity index is 2.65. The van der Waals surface area contributed by atoms with E-state index in [9.17, 15) is 8.42 Å². The molecular formula is C11H17N3O2S2. The molecule has 0 bridgehead atoms. The van der Waals surface area contributed by atoms with Gasteiger partial charge in [-0.2, -0.15) is 0 Å². The van der Waals surface area contributed by atoms with Gasteiger partial charge in [-0.25, -0.2) is 13.6 Å². The van der Waals surface area contributed by atoms with Crippen LogP contribution in [0.25, 0.3) is 0 Å². The fraction of sp³-hybridized carbons (Fsp3) is 0.364. The van der Waals surface area contributed by atoms with Gasteiger partial charge in [0.1, 0.15) is 4.99 Å². The van der Waals surface area contributed by atoms with Crippen LogP contribution in [0, 0.1) is 6.92 Å². The second-order valence-corrected chi connectivity index (χ2v) is 6.23. The maximum atomic E-state index is 10.8. The number of hydrogen-bond acceptors (Lipinski definition) is 4. The smallest absolute Gasteiger partial charge is 0.209 e. The number of benzene rings is 1. The van der Waals surface area contributed by atoms with E-state index in [2.05, 4.69) is 5.32 Å². The van der Waals surface area contributed by atoms with Crippen LogP contribution < -0.4 is 16.2 Å². The van der Waals surface area contributed by atoms with Gasteiger partial charge in [0.25, 0.3) is 0 Å². The quantitative estimate of drug-likeness (QED) is 0.529. The molecule has 5 N–H and O–H groups in total. The van der Waals surface area contributed by atoms with Gasteiger partial charge in [0, 0.05) is 17.8 Å². The van der Waals surface area contributed by atoms with Gasteiger partial charge in [-0.3, -0.25) is 0 Å². The van der Waals surface area contributed by atoms with E-state index >= 15 is 0 Å². The van der Waals surface area contributed by atoms with Crippen molar-refractivity contribution in [3.8, 4) is 0 Å². The number of rotatable bonds is 6. The van der Waals surface area contributed by atoms with Crippen LogP contribution in [0.4, 0.5) is 5.69 Å². The summed E-state index contributed by atoms with van der Waals surface area (Å²) in [5.74, 6) is -0.0474. The van der Waals surface area contributed by atoms with Crippen molar-refractivity contribution in [1.29, 1.82) is 0 Å². The first-order valence-corrected chi connectivity index (χ1v) is 7.57. The Labute approximate surface area is 113 Å². The normalized spacial score (nSPS) is 11.2. The van der Waals surface area contributed by atoms with Crippen LogP contribution in [0.15, 0.2) is 18.2 Å². The van der Waals surface area contributed by atoms with Crippen LogP contribution in [-0.2, 0) is 10.0 Å². The van der Waals surface area contributed by atoms with Crippen molar-refractivity contribution in [2.45, 2.75) is 13.3 Å². The largest absolute Gasteiger partial charge is 0.389 e. The van der Waals surface area contributed by atoms with E-state index in [1.807, 2.05) is 25.1 Å². The van der Waals surface area contributed by atoms with Crippen LogP contribution in [0.5, 0.6) is 0 Å². The summed E-state index contributed by atoms with van der Waals surface area (Å²) in [6, 6.07) is 5.70. The van der Waals surface area contributed by atoms with Crippen molar-refractivity contribution in [3.05, 3.63) is 29.3 Å². The molecule has 0 aliphatic carbocycles. The molecule has 0 saturated carbocycles. The van der Waals surface area contributed by atoms with Gasteiger partial charge in [0.15, 0.2) is 0 Å². The van der Waals surface area contributed by atoms with Gasteiger partial charge in [0.2, 0.25) is 10.0 Å². The lowest BCUT2D eigenvalue weighted by molar-refractivity contribution is 0.596. The maximum absolute atomic E-state index is 10.8. The van der Waals surface area contributed by atoms with Crippen LogP contribution in [0.2, 0.25) is 0 Å². The topological polar surface area (TPSA) is 98.2 Å². The molecular weight excluding hydrogens is 270 g/mol. The SMILES string of the molecule is Cc1ccc(NCCCS(N)(=O)=O)c(C(N)=S)c1. The lowest BCUT2D eigenvalue weighted by atomic mass is 10.1. The van der Waals surface area contributed by atoms with E-state index in [0.717, 1.165) is 16.8 Å².